The molecule has 0 aliphatic carbocycles. The standard InChI is InChI=1S/C3H6N2.CH2O3/c1-3(5)2-4;2-1(3)4/h3H,5H2,1H3;(H2,2,3,4). The van der Waals surface area contributed by atoms with E-state index in [1.54, 1.807) is 13.0 Å². The Morgan fingerprint density at radius 1 is 1.78 bits per heavy atom. The van der Waals surface area contributed by atoms with Crippen LogP contribution in [0.2, 0.25) is 0 Å². The third-order valence-corrected chi connectivity index (χ3v) is 0.204. The Labute approximate surface area is 52.3 Å². The molecule has 0 rings (SSSR count). The van der Waals surface area contributed by atoms with Gasteiger partial charge in [0, 0.05) is 0 Å². The van der Waals surface area contributed by atoms with E-state index in [0.717, 1.165) is 0 Å². The van der Waals surface area contributed by atoms with Gasteiger partial charge in [0.2, 0.25) is 0 Å². The van der Waals surface area contributed by atoms with Crippen LogP contribution in [0.25, 0.3) is 0 Å². The van der Waals surface area contributed by atoms with Gasteiger partial charge >= 0.3 is 6.16 Å². The van der Waals surface area contributed by atoms with Crippen molar-refractivity contribution < 1.29 is 15.0 Å². The summed E-state index contributed by atoms with van der Waals surface area (Å²) in [6.07, 6.45) is -1.83. The molecule has 1 atom stereocenters. The normalized spacial score (nSPS) is 9.89. The van der Waals surface area contributed by atoms with Crippen molar-refractivity contribution in [1.82, 2.24) is 0 Å². The van der Waals surface area contributed by atoms with Crippen molar-refractivity contribution in [2.75, 3.05) is 0 Å². The van der Waals surface area contributed by atoms with E-state index in [0.29, 0.717) is 0 Å². The summed E-state index contributed by atoms with van der Waals surface area (Å²) in [7, 11) is 0. The molecule has 1 unspecified atom stereocenters. The topological polar surface area (TPSA) is 107 Å². The van der Waals surface area contributed by atoms with Gasteiger partial charge in [-0.3, -0.25) is 0 Å². The predicted molar refractivity (Wildman–Crippen MR) is 29.9 cm³/mol. The van der Waals surface area contributed by atoms with Crippen LogP contribution in [0.4, 0.5) is 4.79 Å². The van der Waals surface area contributed by atoms with Gasteiger partial charge < -0.3 is 15.9 Å². The number of rotatable bonds is 0. The van der Waals surface area contributed by atoms with E-state index in [4.69, 9.17) is 26.0 Å². The highest BCUT2D eigenvalue weighted by Gasteiger charge is 1.78. The Morgan fingerprint density at radius 2 is 1.89 bits per heavy atom. The highest BCUT2D eigenvalue weighted by molar-refractivity contribution is 5.53. The third kappa shape index (κ3) is 289. The Kier molecular flexibility index (Phi) is 7.96. The molecule has 5 heteroatoms. The fourth-order valence-corrected chi connectivity index (χ4v) is 0. The van der Waals surface area contributed by atoms with Crippen molar-refractivity contribution in [3.8, 4) is 6.07 Å². The molecule has 0 saturated carbocycles. The van der Waals surface area contributed by atoms with Gasteiger partial charge in [-0.15, -0.1) is 0 Å². The summed E-state index contributed by atoms with van der Waals surface area (Å²) < 4.78 is 0. The molecule has 0 bridgehead atoms. The summed E-state index contributed by atoms with van der Waals surface area (Å²) >= 11 is 0. The molecule has 0 spiro atoms. The zero-order chi connectivity index (χ0) is 7.86. The molecular formula is C4H8N2O3. The maximum Gasteiger partial charge on any atom is 0.503 e. The summed E-state index contributed by atoms with van der Waals surface area (Å²) in [5, 5.41) is 21.7. The minimum atomic E-state index is -1.83. The van der Waals surface area contributed by atoms with Gasteiger partial charge in [-0.2, -0.15) is 5.26 Å². The van der Waals surface area contributed by atoms with Crippen molar-refractivity contribution >= 4 is 6.16 Å². The van der Waals surface area contributed by atoms with Crippen LogP contribution >= 0.6 is 0 Å². The molecule has 0 aromatic heterocycles. The predicted octanol–water partition coefficient (Wildman–Crippen LogP) is 0.0796. The SMILES string of the molecule is CC(N)C#N.O=C(O)O. The minimum absolute atomic E-state index is 0.310. The van der Waals surface area contributed by atoms with E-state index in [1.165, 1.54) is 0 Å². The second-order valence-electron chi connectivity index (χ2n) is 1.20. The number of carbonyl (C=O) groups is 1. The molecule has 0 aromatic carbocycles. The Balaban J connectivity index is 0. The van der Waals surface area contributed by atoms with E-state index in [-0.39, 0.29) is 6.04 Å². The second kappa shape index (κ2) is 6.72. The van der Waals surface area contributed by atoms with Crippen LogP contribution in [0.15, 0.2) is 0 Å². The smallest absolute Gasteiger partial charge is 0.450 e. The molecular weight excluding hydrogens is 124 g/mol. The fraction of sp³-hybridized carbons (Fsp3) is 0.500. The lowest BCUT2D eigenvalue weighted by Crippen LogP contribution is -2.09. The number of hydrogen-bond acceptors (Lipinski definition) is 3. The van der Waals surface area contributed by atoms with Gasteiger partial charge in [0.05, 0.1) is 12.1 Å². The molecule has 0 saturated heterocycles. The zero-order valence-electron chi connectivity index (χ0n) is 4.90. The van der Waals surface area contributed by atoms with Crippen LogP contribution in [0.1, 0.15) is 6.92 Å². The number of nitriles is 1. The Hall–Kier alpha value is -1.28. The van der Waals surface area contributed by atoms with E-state index in [9.17, 15) is 0 Å². The molecule has 0 radical (unpaired) electrons. The second-order valence-corrected chi connectivity index (χ2v) is 1.20. The first-order valence-corrected chi connectivity index (χ1v) is 2.07. The quantitative estimate of drug-likeness (QED) is 0.432. The summed E-state index contributed by atoms with van der Waals surface area (Å²) in [4.78, 5) is 8.56. The number of carboxylic acid groups (broad SMARTS) is 2. The average Bonchev–Trinajstić information content (AvgIpc) is 1.65. The molecule has 0 heterocycles. The number of hydrogen-bond donors (Lipinski definition) is 3. The van der Waals surface area contributed by atoms with Crippen molar-refractivity contribution in [2.24, 2.45) is 5.73 Å². The fourth-order valence-electron chi connectivity index (χ4n) is 0. The van der Waals surface area contributed by atoms with E-state index < -0.39 is 6.16 Å². The van der Waals surface area contributed by atoms with Gasteiger partial charge in [0.25, 0.3) is 0 Å². The molecule has 0 aliphatic rings. The van der Waals surface area contributed by atoms with Crippen molar-refractivity contribution in [1.29, 1.82) is 5.26 Å². The molecule has 0 fully saturated rings. The summed E-state index contributed by atoms with van der Waals surface area (Å²) in [5.41, 5.74) is 4.93. The lowest BCUT2D eigenvalue weighted by molar-refractivity contribution is 0.137. The highest BCUT2D eigenvalue weighted by Crippen LogP contribution is 1.59. The van der Waals surface area contributed by atoms with Crippen LogP contribution in [0.3, 0.4) is 0 Å². The van der Waals surface area contributed by atoms with Crippen molar-refractivity contribution in [2.45, 2.75) is 13.0 Å². The first-order chi connectivity index (χ1) is 4.00. The largest absolute Gasteiger partial charge is 0.503 e. The molecule has 5 nitrogen and oxygen atoms in total. The summed E-state index contributed by atoms with van der Waals surface area (Å²) in [5.74, 6) is 0. The Bertz CT molecular complexity index is 111. The van der Waals surface area contributed by atoms with Gasteiger partial charge in [-0.05, 0) is 6.92 Å². The minimum Gasteiger partial charge on any atom is -0.450 e. The summed E-state index contributed by atoms with van der Waals surface area (Å²) in [6.45, 7) is 1.64. The van der Waals surface area contributed by atoms with Gasteiger partial charge in [0.15, 0.2) is 0 Å². The molecule has 0 amide bonds. The van der Waals surface area contributed by atoms with Crippen LogP contribution in [0, 0.1) is 11.3 Å². The lowest BCUT2D eigenvalue weighted by atomic mass is 10.4. The molecule has 52 valence electrons. The average molecular weight is 132 g/mol. The van der Waals surface area contributed by atoms with Crippen LogP contribution in [-0.2, 0) is 0 Å². The highest BCUT2D eigenvalue weighted by atomic mass is 16.6. The van der Waals surface area contributed by atoms with Gasteiger partial charge in [0.1, 0.15) is 0 Å². The van der Waals surface area contributed by atoms with Gasteiger partial charge in [-0.25, -0.2) is 4.79 Å². The molecule has 0 aliphatic heterocycles. The molecule has 9 heavy (non-hydrogen) atoms. The first-order valence-electron chi connectivity index (χ1n) is 2.07. The van der Waals surface area contributed by atoms with E-state index in [2.05, 4.69) is 0 Å². The van der Waals surface area contributed by atoms with Crippen LogP contribution in [-0.4, -0.2) is 22.4 Å². The Morgan fingerprint density at radius 3 is 1.89 bits per heavy atom. The maximum absolute atomic E-state index is 8.56. The van der Waals surface area contributed by atoms with Crippen LogP contribution in [0.5, 0.6) is 0 Å². The lowest BCUT2D eigenvalue weighted by Gasteiger charge is -1.78. The van der Waals surface area contributed by atoms with Crippen LogP contribution < -0.4 is 5.73 Å². The van der Waals surface area contributed by atoms with E-state index >= 15 is 0 Å². The summed E-state index contributed by atoms with van der Waals surface area (Å²) in [6, 6.07) is 1.50. The first kappa shape index (κ1) is 10.7. The molecule has 4 N–H and O–H groups in total. The maximum atomic E-state index is 8.56. The third-order valence-electron chi connectivity index (χ3n) is 0.204. The van der Waals surface area contributed by atoms with E-state index in [1.807, 2.05) is 0 Å². The monoisotopic (exact) mass is 132 g/mol. The van der Waals surface area contributed by atoms with Gasteiger partial charge in [-0.1, -0.05) is 0 Å². The number of nitrogens with zero attached hydrogens (tertiary/aromatic N) is 1. The van der Waals surface area contributed by atoms with Crippen molar-refractivity contribution in [3.05, 3.63) is 0 Å². The van der Waals surface area contributed by atoms with Crippen molar-refractivity contribution in [3.63, 3.8) is 0 Å². The molecule has 0 aromatic rings. The number of nitrogens with two attached hydrogens (primary N) is 1. The zero-order valence-corrected chi connectivity index (χ0v) is 4.90.